The molecule has 2 rings (SSSR count). The number of ether oxygens (including phenoxy) is 2. The molecule has 0 heterocycles. The van der Waals surface area contributed by atoms with E-state index in [0.29, 0.717) is 5.92 Å². The van der Waals surface area contributed by atoms with E-state index >= 15 is 0 Å². The van der Waals surface area contributed by atoms with Crippen LogP contribution >= 0.6 is 0 Å². The van der Waals surface area contributed by atoms with Gasteiger partial charge in [-0.2, -0.15) is 0 Å². The largest absolute Gasteiger partial charge is 0.468 e. The molecular weight excluding hydrogens is 266 g/mol. The first-order valence-corrected chi connectivity index (χ1v) is 8.52. The molecule has 0 radical (unpaired) electrons. The number of methoxy groups -OCH3 is 1. The molecule has 0 aromatic rings. The monoisotopic (exact) mass is 297 g/mol. The summed E-state index contributed by atoms with van der Waals surface area (Å²) in [5.41, 5.74) is -0.497. The Labute approximate surface area is 129 Å². The van der Waals surface area contributed by atoms with Gasteiger partial charge in [0.05, 0.1) is 7.11 Å². The molecular formula is C17H31NO3. The van der Waals surface area contributed by atoms with Crippen molar-refractivity contribution in [2.45, 2.75) is 70.4 Å². The van der Waals surface area contributed by atoms with Gasteiger partial charge >= 0.3 is 5.97 Å². The van der Waals surface area contributed by atoms with Crippen LogP contribution in [0.4, 0.5) is 0 Å². The van der Waals surface area contributed by atoms with Crippen molar-refractivity contribution >= 4 is 5.97 Å². The molecule has 0 aromatic carbocycles. The van der Waals surface area contributed by atoms with Crippen LogP contribution in [0.2, 0.25) is 0 Å². The van der Waals surface area contributed by atoms with E-state index in [-0.39, 0.29) is 12.0 Å². The number of hydrogen-bond acceptors (Lipinski definition) is 4. The van der Waals surface area contributed by atoms with Gasteiger partial charge in [0.1, 0.15) is 5.54 Å². The highest BCUT2D eigenvalue weighted by atomic mass is 16.5. The van der Waals surface area contributed by atoms with Gasteiger partial charge in [-0.3, -0.25) is 10.1 Å². The summed E-state index contributed by atoms with van der Waals surface area (Å²) in [4.78, 5) is 12.3. The lowest BCUT2D eigenvalue weighted by atomic mass is 9.84. The van der Waals surface area contributed by atoms with Gasteiger partial charge < -0.3 is 9.47 Å². The Hall–Kier alpha value is -0.610. The van der Waals surface area contributed by atoms with Crippen LogP contribution in [-0.4, -0.2) is 37.9 Å². The third kappa shape index (κ3) is 4.43. The average molecular weight is 297 g/mol. The molecule has 2 unspecified atom stereocenters. The fourth-order valence-corrected chi connectivity index (χ4v) is 3.67. The molecule has 0 amide bonds. The fraction of sp³-hybridized carbons (Fsp3) is 0.941. The summed E-state index contributed by atoms with van der Waals surface area (Å²) in [6.07, 6.45) is 7.97. The number of carbonyl (C=O) groups excluding carboxylic acids is 1. The Morgan fingerprint density at radius 3 is 2.57 bits per heavy atom. The predicted octanol–water partition coefficient (Wildman–Crippen LogP) is 2.90. The van der Waals surface area contributed by atoms with E-state index in [0.717, 1.165) is 44.8 Å². The highest BCUT2D eigenvalue weighted by molar-refractivity contribution is 5.81. The molecule has 0 bridgehead atoms. The highest BCUT2D eigenvalue weighted by Gasteiger charge is 2.49. The van der Waals surface area contributed by atoms with Crippen molar-refractivity contribution < 1.29 is 14.3 Å². The zero-order chi connectivity index (χ0) is 15.3. The first-order chi connectivity index (χ1) is 10.1. The van der Waals surface area contributed by atoms with Gasteiger partial charge in [0.25, 0.3) is 0 Å². The molecule has 4 heteroatoms. The number of nitrogens with one attached hydrogen (secondary N) is 1. The Morgan fingerprint density at radius 2 is 1.95 bits per heavy atom. The number of esters is 1. The minimum atomic E-state index is -0.497. The van der Waals surface area contributed by atoms with Crippen LogP contribution in [0.15, 0.2) is 0 Å². The minimum Gasteiger partial charge on any atom is -0.468 e. The lowest BCUT2D eigenvalue weighted by Gasteiger charge is -2.35. The maximum absolute atomic E-state index is 12.3. The Morgan fingerprint density at radius 1 is 1.24 bits per heavy atom. The molecule has 4 nitrogen and oxygen atoms in total. The third-order valence-corrected chi connectivity index (χ3v) is 4.89. The van der Waals surface area contributed by atoms with Crippen LogP contribution < -0.4 is 5.32 Å². The smallest absolute Gasteiger partial charge is 0.326 e. The summed E-state index contributed by atoms with van der Waals surface area (Å²) in [5.74, 6) is 1.15. The molecule has 21 heavy (non-hydrogen) atoms. The van der Waals surface area contributed by atoms with Gasteiger partial charge in [0, 0.05) is 19.3 Å². The van der Waals surface area contributed by atoms with E-state index < -0.39 is 5.54 Å². The van der Waals surface area contributed by atoms with Gasteiger partial charge in [-0.15, -0.1) is 0 Å². The average Bonchev–Trinajstić information content (AvgIpc) is 3.19. The number of hydrogen-bond donors (Lipinski definition) is 1. The molecule has 2 fully saturated rings. The van der Waals surface area contributed by atoms with Crippen LogP contribution in [0.1, 0.15) is 58.8 Å². The van der Waals surface area contributed by atoms with E-state index in [2.05, 4.69) is 19.2 Å². The first kappa shape index (κ1) is 16.8. The molecule has 0 saturated heterocycles. The topological polar surface area (TPSA) is 47.6 Å². The van der Waals surface area contributed by atoms with Crippen molar-refractivity contribution in [2.75, 3.05) is 20.3 Å². The summed E-state index contributed by atoms with van der Waals surface area (Å²) in [6.45, 7) is 5.81. The molecule has 0 aromatic heterocycles. The Kier molecular flexibility index (Phi) is 6.06. The van der Waals surface area contributed by atoms with E-state index in [4.69, 9.17) is 9.47 Å². The maximum Gasteiger partial charge on any atom is 0.326 e. The standard InChI is InChI=1S/C17H31NO3/c1-13(2)18-17(16(19)20-3)10-4-5-15(17)9-12-21-11-8-14-6-7-14/h13-15,18H,4-12H2,1-3H3. The van der Waals surface area contributed by atoms with Crippen molar-refractivity contribution in [3.63, 3.8) is 0 Å². The lowest BCUT2D eigenvalue weighted by Crippen LogP contribution is -2.57. The zero-order valence-electron chi connectivity index (χ0n) is 13.8. The molecule has 2 saturated carbocycles. The molecule has 2 atom stereocenters. The summed E-state index contributed by atoms with van der Waals surface area (Å²) < 4.78 is 10.9. The minimum absolute atomic E-state index is 0.100. The molecule has 1 N–H and O–H groups in total. The second-order valence-electron chi connectivity index (χ2n) is 6.98. The van der Waals surface area contributed by atoms with Crippen LogP contribution in [0.5, 0.6) is 0 Å². The van der Waals surface area contributed by atoms with Crippen molar-refractivity contribution in [1.82, 2.24) is 5.32 Å². The first-order valence-electron chi connectivity index (χ1n) is 8.52. The summed E-state index contributed by atoms with van der Waals surface area (Å²) in [7, 11) is 1.49. The molecule has 0 aliphatic heterocycles. The summed E-state index contributed by atoms with van der Waals surface area (Å²) >= 11 is 0. The highest BCUT2D eigenvalue weighted by Crippen LogP contribution is 2.39. The van der Waals surface area contributed by atoms with E-state index in [1.165, 1.54) is 26.4 Å². The second kappa shape index (κ2) is 7.59. The fourth-order valence-electron chi connectivity index (χ4n) is 3.67. The van der Waals surface area contributed by atoms with E-state index in [1.54, 1.807) is 0 Å². The summed E-state index contributed by atoms with van der Waals surface area (Å²) in [6, 6.07) is 0.278. The van der Waals surface area contributed by atoms with Crippen molar-refractivity contribution in [3.05, 3.63) is 0 Å². The van der Waals surface area contributed by atoms with Crippen molar-refractivity contribution in [1.29, 1.82) is 0 Å². The molecule has 2 aliphatic rings. The van der Waals surface area contributed by atoms with E-state index in [1.807, 2.05) is 0 Å². The molecule has 2 aliphatic carbocycles. The van der Waals surface area contributed by atoms with Crippen molar-refractivity contribution in [2.24, 2.45) is 11.8 Å². The maximum atomic E-state index is 12.3. The Balaban J connectivity index is 1.83. The van der Waals surface area contributed by atoms with Gasteiger partial charge in [-0.25, -0.2) is 0 Å². The molecule has 122 valence electrons. The number of carbonyl (C=O) groups is 1. The van der Waals surface area contributed by atoms with Crippen molar-refractivity contribution in [3.8, 4) is 0 Å². The Bertz CT molecular complexity index is 341. The van der Waals surface area contributed by atoms with Crippen LogP contribution in [-0.2, 0) is 14.3 Å². The van der Waals surface area contributed by atoms with Crippen LogP contribution in [0.25, 0.3) is 0 Å². The summed E-state index contributed by atoms with van der Waals surface area (Å²) in [5, 5.41) is 3.50. The second-order valence-corrected chi connectivity index (χ2v) is 6.98. The SMILES string of the molecule is COC(=O)C1(NC(C)C)CCCC1CCOCCC1CC1. The quantitative estimate of drug-likeness (QED) is 0.525. The van der Waals surface area contributed by atoms with Crippen LogP contribution in [0, 0.1) is 11.8 Å². The van der Waals surface area contributed by atoms with Gasteiger partial charge in [-0.1, -0.05) is 19.3 Å². The van der Waals surface area contributed by atoms with E-state index in [9.17, 15) is 4.79 Å². The normalized spacial score (nSPS) is 29.0. The zero-order valence-corrected chi connectivity index (χ0v) is 13.8. The molecule has 0 spiro atoms. The van der Waals surface area contributed by atoms with Crippen LogP contribution in [0.3, 0.4) is 0 Å². The van der Waals surface area contributed by atoms with Gasteiger partial charge in [0.15, 0.2) is 0 Å². The van der Waals surface area contributed by atoms with Gasteiger partial charge in [-0.05, 0) is 51.4 Å². The number of rotatable bonds is 9. The third-order valence-electron chi connectivity index (χ3n) is 4.89. The predicted molar refractivity (Wildman–Crippen MR) is 83.1 cm³/mol. The lowest BCUT2D eigenvalue weighted by molar-refractivity contribution is -0.151. The van der Waals surface area contributed by atoms with Gasteiger partial charge in [0.2, 0.25) is 0 Å².